The fourth-order valence-corrected chi connectivity index (χ4v) is 3.92. The van der Waals surface area contributed by atoms with Crippen LogP contribution in [0.3, 0.4) is 0 Å². The number of rotatable bonds is 2. The minimum Gasteiger partial charge on any atom is -0.480 e. The monoisotopic (exact) mass is 272 g/mol. The fraction of sp³-hybridized carbons (Fsp3) is 0.833. The lowest BCUT2D eigenvalue weighted by molar-refractivity contribution is -0.141. The van der Waals surface area contributed by atoms with Gasteiger partial charge in [-0.3, -0.25) is 4.90 Å². The van der Waals surface area contributed by atoms with Gasteiger partial charge in [0.1, 0.15) is 6.04 Å². The van der Waals surface area contributed by atoms with Crippen molar-refractivity contribution in [2.24, 2.45) is 0 Å². The standard InChI is InChI=1S/C12H20N2O3S/c1-8-14(10(7-18-8)11(15)16)12(17)13(2)9-5-3-4-6-9/h8-10H,3-7H2,1-2H3,(H,15,16). The number of carboxylic acid groups (broad SMARTS) is 1. The number of carbonyl (C=O) groups excluding carboxylic acids is 1. The summed E-state index contributed by atoms with van der Waals surface area (Å²) >= 11 is 1.53. The summed E-state index contributed by atoms with van der Waals surface area (Å²) in [5, 5.41) is 9.12. The molecule has 1 saturated carbocycles. The second kappa shape index (κ2) is 5.38. The lowest BCUT2D eigenvalue weighted by Crippen LogP contribution is -2.52. The summed E-state index contributed by atoms with van der Waals surface area (Å²) in [4.78, 5) is 26.9. The maximum absolute atomic E-state index is 12.4. The van der Waals surface area contributed by atoms with Gasteiger partial charge in [-0.05, 0) is 19.8 Å². The van der Waals surface area contributed by atoms with Crippen molar-refractivity contribution in [2.45, 2.75) is 50.1 Å². The van der Waals surface area contributed by atoms with Crippen LogP contribution in [0.4, 0.5) is 4.79 Å². The van der Waals surface area contributed by atoms with Gasteiger partial charge in [0.25, 0.3) is 0 Å². The van der Waals surface area contributed by atoms with Gasteiger partial charge in [0.15, 0.2) is 0 Å². The fourth-order valence-electron chi connectivity index (χ4n) is 2.75. The smallest absolute Gasteiger partial charge is 0.327 e. The molecule has 0 spiro atoms. The SMILES string of the molecule is CC1SCC(C(=O)O)N1C(=O)N(C)C1CCCC1. The first-order valence-corrected chi connectivity index (χ1v) is 7.46. The summed E-state index contributed by atoms with van der Waals surface area (Å²) in [6, 6.07) is -0.530. The Bertz CT molecular complexity index is 344. The van der Waals surface area contributed by atoms with Crippen LogP contribution in [-0.4, -0.2) is 57.2 Å². The lowest BCUT2D eigenvalue weighted by Gasteiger charge is -2.33. The van der Waals surface area contributed by atoms with E-state index in [4.69, 9.17) is 0 Å². The molecule has 2 rings (SSSR count). The van der Waals surface area contributed by atoms with Gasteiger partial charge >= 0.3 is 12.0 Å². The molecule has 1 saturated heterocycles. The number of hydrogen-bond acceptors (Lipinski definition) is 3. The minimum atomic E-state index is -0.903. The van der Waals surface area contributed by atoms with E-state index in [2.05, 4.69) is 0 Å². The van der Waals surface area contributed by atoms with E-state index in [1.165, 1.54) is 16.7 Å². The van der Waals surface area contributed by atoms with E-state index in [0.717, 1.165) is 25.7 Å². The van der Waals surface area contributed by atoms with Crippen molar-refractivity contribution in [3.8, 4) is 0 Å². The molecule has 2 fully saturated rings. The second-order valence-corrected chi connectivity index (χ2v) is 6.37. The number of carbonyl (C=O) groups is 2. The van der Waals surface area contributed by atoms with Gasteiger partial charge in [0, 0.05) is 18.8 Å². The largest absolute Gasteiger partial charge is 0.480 e. The molecule has 102 valence electrons. The van der Waals surface area contributed by atoms with Crippen molar-refractivity contribution < 1.29 is 14.7 Å². The van der Waals surface area contributed by atoms with Gasteiger partial charge in [-0.1, -0.05) is 12.8 Å². The highest BCUT2D eigenvalue weighted by Gasteiger charge is 2.41. The molecule has 5 nitrogen and oxygen atoms in total. The van der Waals surface area contributed by atoms with Gasteiger partial charge in [-0.15, -0.1) is 11.8 Å². The van der Waals surface area contributed by atoms with E-state index in [0.29, 0.717) is 5.75 Å². The molecule has 6 heteroatoms. The Balaban J connectivity index is 2.08. The second-order valence-electron chi connectivity index (χ2n) is 5.03. The van der Waals surface area contributed by atoms with E-state index in [-0.39, 0.29) is 17.4 Å². The van der Waals surface area contributed by atoms with Crippen LogP contribution >= 0.6 is 11.8 Å². The summed E-state index contributed by atoms with van der Waals surface area (Å²) in [5.41, 5.74) is 0. The van der Waals surface area contributed by atoms with Crippen molar-refractivity contribution in [3.63, 3.8) is 0 Å². The molecule has 0 aromatic heterocycles. The first kappa shape index (κ1) is 13.5. The number of hydrogen-bond donors (Lipinski definition) is 1. The average molecular weight is 272 g/mol. The molecule has 0 aromatic carbocycles. The molecular weight excluding hydrogens is 252 g/mol. The third kappa shape index (κ3) is 2.43. The molecule has 2 aliphatic rings. The molecule has 0 radical (unpaired) electrons. The highest BCUT2D eigenvalue weighted by molar-refractivity contribution is 8.00. The summed E-state index contributed by atoms with van der Waals surface area (Å²) < 4.78 is 0. The van der Waals surface area contributed by atoms with Crippen LogP contribution in [0, 0.1) is 0 Å². The normalized spacial score (nSPS) is 28.7. The Kier molecular flexibility index (Phi) is 4.04. The Morgan fingerprint density at radius 1 is 1.33 bits per heavy atom. The van der Waals surface area contributed by atoms with Crippen LogP contribution in [0.5, 0.6) is 0 Å². The zero-order chi connectivity index (χ0) is 13.3. The topological polar surface area (TPSA) is 60.9 Å². The third-order valence-corrected chi connectivity index (χ3v) is 5.12. The Morgan fingerprint density at radius 3 is 2.50 bits per heavy atom. The van der Waals surface area contributed by atoms with Gasteiger partial charge in [-0.25, -0.2) is 9.59 Å². The van der Waals surface area contributed by atoms with Gasteiger partial charge < -0.3 is 10.0 Å². The first-order chi connectivity index (χ1) is 8.52. The van der Waals surface area contributed by atoms with E-state index >= 15 is 0 Å². The zero-order valence-corrected chi connectivity index (χ0v) is 11.7. The van der Waals surface area contributed by atoms with Crippen LogP contribution < -0.4 is 0 Å². The first-order valence-electron chi connectivity index (χ1n) is 6.42. The molecule has 0 aromatic rings. The quantitative estimate of drug-likeness (QED) is 0.833. The third-order valence-electron chi connectivity index (χ3n) is 3.90. The van der Waals surface area contributed by atoms with Crippen LogP contribution in [0.2, 0.25) is 0 Å². The highest BCUT2D eigenvalue weighted by atomic mass is 32.2. The van der Waals surface area contributed by atoms with E-state index < -0.39 is 12.0 Å². The molecule has 1 N–H and O–H groups in total. The number of amides is 2. The average Bonchev–Trinajstić information content (AvgIpc) is 2.95. The maximum atomic E-state index is 12.4. The number of urea groups is 1. The molecule has 2 unspecified atom stereocenters. The Labute approximate surface area is 112 Å². The van der Waals surface area contributed by atoms with Crippen molar-refractivity contribution in [3.05, 3.63) is 0 Å². The number of nitrogens with zero attached hydrogens (tertiary/aromatic N) is 2. The van der Waals surface area contributed by atoms with Crippen LogP contribution in [0.1, 0.15) is 32.6 Å². The van der Waals surface area contributed by atoms with Gasteiger partial charge in [0.05, 0.1) is 5.37 Å². The summed E-state index contributed by atoms with van der Waals surface area (Å²) in [7, 11) is 1.80. The highest BCUT2D eigenvalue weighted by Crippen LogP contribution is 2.31. The Hall–Kier alpha value is -0.910. The molecule has 18 heavy (non-hydrogen) atoms. The molecule has 1 heterocycles. The molecule has 2 atom stereocenters. The van der Waals surface area contributed by atoms with E-state index in [9.17, 15) is 14.7 Å². The lowest BCUT2D eigenvalue weighted by atomic mass is 10.2. The van der Waals surface area contributed by atoms with Crippen molar-refractivity contribution in [1.29, 1.82) is 0 Å². The molecule has 2 amide bonds. The molecular formula is C12H20N2O3S. The predicted octanol–water partition coefficient (Wildman–Crippen LogP) is 1.83. The molecule has 0 bridgehead atoms. The summed E-state index contributed by atoms with van der Waals surface area (Å²) in [5.74, 6) is -0.416. The van der Waals surface area contributed by atoms with Crippen molar-refractivity contribution in [1.82, 2.24) is 9.80 Å². The molecule has 1 aliphatic carbocycles. The Morgan fingerprint density at radius 2 is 1.94 bits per heavy atom. The van der Waals surface area contributed by atoms with Crippen LogP contribution in [0.25, 0.3) is 0 Å². The van der Waals surface area contributed by atoms with Gasteiger partial charge in [0.2, 0.25) is 0 Å². The number of carboxylic acids is 1. The minimum absolute atomic E-state index is 0.0533. The summed E-state index contributed by atoms with van der Waals surface area (Å²) in [6.45, 7) is 1.90. The number of aliphatic carboxylic acids is 1. The summed E-state index contributed by atoms with van der Waals surface area (Å²) in [6.07, 6.45) is 4.40. The van der Waals surface area contributed by atoms with E-state index in [1.54, 1.807) is 11.9 Å². The van der Waals surface area contributed by atoms with Crippen LogP contribution in [-0.2, 0) is 4.79 Å². The number of thioether (sulfide) groups is 1. The maximum Gasteiger partial charge on any atom is 0.327 e. The van der Waals surface area contributed by atoms with Crippen molar-refractivity contribution >= 4 is 23.8 Å². The van der Waals surface area contributed by atoms with Gasteiger partial charge in [-0.2, -0.15) is 0 Å². The predicted molar refractivity (Wildman–Crippen MR) is 70.6 cm³/mol. The van der Waals surface area contributed by atoms with E-state index in [1.807, 2.05) is 6.92 Å². The zero-order valence-electron chi connectivity index (χ0n) is 10.8. The van der Waals surface area contributed by atoms with Crippen LogP contribution in [0.15, 0.2) is 0 Å². The molecule has 1 aliphatic heterocycles. The van der Waals surface area contributed by atoms with Crippen molar-refractivity contribution in [2.75, 3.05) is 12.8 Å².